The second-order valence-electron chi connectivity index (χ2n) is 1.84. The van der Waals surface area contributed by atoms with Gasteiger partial charge in [-0.05, 0) is 5.82 Å². The first-order valence-corrected chi connectivity index (χ1v) is 2.41. The van der Waals surface area contributed by atoms with Gasteiger partial charge < -0.3 is 5.02 Å². The lowest BCUT2D eigenvalue weighted by atomic mass is 9.66. The number of hydrogen-bond donors (Lipinski definition) is 1. The monoisotopic (exact) mass is 83.1 g/mol. The molecule has 0 saturated heterocycles. The van der Waals surface area contributed by atoms with E-state index in [1.54, 1.807) is 0 Å². The minimum atomic E-state index is 0.546. The Labute approximate surface area is 38.6 Å². The van der Waals surface area contributed by atoms with Crippen LogP contribution in [-0.2, 0) is 0 Å². The molecule has 1 aliphatic rings. The van der Waals surface area contributed by atoms with Gasteiger partial charge in [0.15, 0.2) is 0 Å². The topological polar surface area (TPSA) is 20.2 Å². The Morgan fingerprint density at radius 1 is 1.50 bits per heavy atom. The normalized spacial score (nSPS) is 22.8. The summed E-state index contributed by atoms with van der Waals surface area (Å²) in [6.45, 7) is 0. The van der Waals surface area contributed by atoms with Crippen molar-refractivity contribution in [3.63, 3.8) is 0 Å². The van der Waals surface area contributed by atoms with Gasteiger partial charge in [0.2, 0.25) is 0 Å². The van der Waals surface area contributed by atoms with Crippen LogP contribution in [-0.4, -0.2) is 12.5 Å². The summed E-state index contributed by atoms with van der Waals surface area (Å²) in [5, 5.41) is 8.26. The minimum Gasteiger partial charge on any atom is -0.454 e. The molecule has 1 saturated carbocycles. The zero-order valence-corrected chi connectivity index (χ0v) is 3.72. The molecule has 1 aliphatic carbocycles. The van der Waals surface area contributed by atoms with Gasteiger partial charge >= 0.3 is 0 Å². The highest BCUT2D eigenvalue weighted by Crippen LogP contribution is 2.30. The summed E-state index contributed by atoms with van der Waals surface area (Å²) >= 11 is 0. The van der Waals surface area contributed by atoms with Crippen molar-refractivity contribution in [1.29, 1.82) is 0 Å². The van der Waals surface area contributed by atoms with Crippen LogP contribution in [0.3, 0.4) is 0 Å². The number of hydrogen-bond acceptors (Lipinski definition) is 1. The third-order valence-corrected chi connectivity index (χ3v) is 1.36. The van der Waals surface area contributed by atoms with Gasteiger partial charge in [0, 0.05) is 0 Å². The van der Waals surface area contributed by atoms with E-state index in [0.29, 0.717) is 5.82 Å². The highest BCUT2D eigenvalue weighted by Gasteiger charge is 2.16. The lowest BCUT2D eigenvalue weighted by Gasteiger charge is -2.20. The van der Waals surface area contributed by atoms with Gasteiger partial charge in [-0.25, -0.2) is 0 Å². The molecule has 6 heavy (non-hydrogen) atoms. The van der Waals surface area contributed by atoms with Crippen molar-refractivity contribution in [1.82, 2.24) is 0 Å². The summed E-state index contributed by atoms with van der Waals surface area (Å²) in [6, 6.07) is 0. The van der Waals surface area contributed by atoms with Crippen LogP contribution in [0.25, 0.3) is 0 Å². The molecule has 0 amide bonds. The summed E-state index contributed by atoms with van der Waals surface area (Å²) in [6.07, 6.45) is 3.72. The first-order valence-electron chi connectivity index (χ1n) is 2.41. The Morgan fingerprint density at radius 3 is 2.17 bits per heavy atom. The summed E-state index contributed by atoms with van der Waals surface area (Å²) in [4.78, 5) is 0. The van der Waals surface area contributed by atoms with Gasteiger partial charge in [-0.1, -0.05) is 19.3 Å². The molecular weight excluding hydrogens is 74.9 g/mol. The maximum absolute atomic E-state index is 8.26. The average Bonchev–Trinajstić information content (AvgIpc) is 1.31. The van der Waals surface area contributed by atoms with Crippen molar-refractivity contribution in [2.24, 2.45) is 0 Å². The molecule has 2 heteroatoms. The van der Waals surface area contributed by atoms with Gasteiger partial charge in [-0.15, -0.1) is 0 Å². The highest BCUT2D eigenvalue weighted by molar-refractivity contribution is 6.28. The lowest BCUT2D eigenvalue weighted by molar-refractivity contribution is 0.453. The first-order chi connectivity index (χ1) is 2.93. The zero-order valence-electron chi connectivity index (χ0n) is 3.72. The van der Waals surface area contributed by atoms with E-state index in [1.807, 2.05) is 0 Å². The van der Waals surface area contributed by atoms with Crippen LogP contribution in [0.15, 0.2) is 0 Å². The van der Waals surface area contributed by atoms with Gasteiger partial charge in [0.05, 0.1) is 0 Å². The van der Waals surface area contributed by atoms with Crippen molar-refractivity contribution in [2.75, 3.05) is 0 Å². The van der Waals surface area contributed by atoms with E-state index in [-0.39, 0.29) is 0 Å². The van der Waals surface area contributed by atoms with Crippen molar-refractivity contribution < 1.29 is 5.02 Å². The molecular formula is C4H8BO. The predicted octanol–water partition coefficient (Wildman–Crippen LogP) is 0.570. The largest absolute Gasteiger partial charge is 0.454 e. The third-order valence-electron chi connectivity index (χ3n) is 1.36. The van der Waals surface area contributed by atoms with E-state index in [0.717, 1.165) is 0 Å². The molecule has 1 rings (SSSR count). The van der Waals surface area contributed by atoms with Crippen LogP contribution in [0, 0.1) is 0 Å². The Hall–Kier alpha value is 0.0249. The van der Waals surface area contributed by atoms with Crippen LogP contribution in [0.1, 0.15) is 19.3 Å². The molecule has 0 aromatic heterocycles. The van der Waals surface area contributed by atoms with Crippen LogP contribution in [0.4, 0.5) is 0 Å². The van der Waals surface area contributed by atoms with E-state index in [4.69, 9.17) is 5.02 Å². The summed E-state index contributed by atoms with van der Waals surface area (Å²) in [5.41, 5.74) is 0. The second-order valence-corrected chi connectivity index (χ2v) is 1.84. The van der Waals surface area contributed by atoms with Crippen molar-refractivity contribution in [2.45, 2.75) is 25.1 Å². The standard InChI is InChI=1S/C4H8BO/c6-5-4-2-1-3-4/h4,6H,1-3H2. The van der Waals surface area contributed by atoms with Crippen molar-refractivity contribution >= 4 is 7.48 Å². The molecule has 0 bridgehead atoms. The molecule has 0 aromatic rings. The molecule has 1 N–H and O–H groups in total. The van der Waals surface area contributed by atoms with E-state index < -0.39 is 0 Å². The molecule has 1 fully saturated rings. The predicted molar refractivity (Wildman–Crippen MR) is 25.6 cm³/mol. The van der Waals surface area contributed by atoms with Crippen LogP contribution in [0.5, 0.6) is 0 Å². The van der Waals surface area contributed by atoms with Gasteiger partial charge in [-0.2, -0.15) is 0 Å². The van der Waals surface area contributed by atoms with Crippen molar-refractivity contribution in [3.8, 4) is 0 Å². The highest BCUT2D eigenvalue weighted by atomic mass is 16.2. The van der Waals surface area contributed by atoms with E-state index in [2.05, 4.69) is 0 Å². The van der Waals surface area contributed by atoms with E-state index in [9.17, 15) is 0 Å². The second kappa shape index (κ2) is 1.65. The molecule has 0 unspecified atom stereocenters. The molecule has 0 atom stereocenters. The molecule has 0 spiro atoms. The Kier molecular flexibility index (Phi) is 1.15. The van der Waals surface area contributed by atoms with E-state index in [1.165, 1.54) is 26.7 Å². The van der Waals surface area contributed by atoms with Crippen molar-refractivity contribution in [3.05, 3.63) is 0 Å². The first kappa shape index (κ1) is 4.19. The fourth-order valence-electron chi connectivity index (χ4n) is 0.589. The lowest BCUT2D eigenvalue weighted by Crippen LogP contribution is -2.10. The van der Waals surface area contributed by atoms with E-state index >= 15 is 0 Å². The van der Waals surface area contributed by atoms with Crippen LogP contribution >= 0.6 is 0 Å². The van der Waals surface area contributed by atoms with Crippen LogP contribution in [0.2, 0.25) is 5.82 Å². The number of rotatable bonds is 1. The fourth-order valence-corrected chi connectivity index (χ4v) is 0.589. The molecule has 1 radical (unpaired) electrons. The summed E-state index contributed by atoms with van der Waals surface area (Å²) in [7, 11) is 1.31. The smallest absolute Gasteiger partial charge is 0.290 e. The molecule has 1 nitrogen and oxygen atoms in total. The Bertz CT molecular complexity index is 40.1. The van der Waals surface area contributed by atoms with Gasteiger partial charge in [-0.3, -0.25) is 0 Å². The quantitative estimate of drug-likeness (QED) is 0.459. The van der Waals surface area contributed by atoms with Gasteiger partial charge in [0.1, 0.15) is 0 Å². The maximum Gasteiger partial charge on any atom is 0.290 e. The molecule has 33 valence electrons. The average molecular weight is 82.9 g/mol. The summed E-state index contributed by atoms with van der Waals surface area (Å²) < 4.78 is 0. The van der Waals surface area contributed by atoms with Gasteiger partial charge in [0.25, 0.3) is 7.48 Å². The maximum atomic E-state index is 8.26. The molecule has 0 heterocycles. The molecule has 0 aliphatic heterocycles. The fraction of sp³-hybridized carbons (Fsp3) is 1.00. The minimum absolute atomic E-state index is 0.546. The SMILES string of the molecule is O[B]C1CCC1. The summed E-state index contributed by atoms with van der Waals surface area (Å²) in [5.74, 6) is 0.546. The van der Waals surface area contributed by atoms with Crippen LogP contribution < -0.4 is 0 Å². The Morgan fingerprint density at radius 2 is 2.17 bits per heavy atom. The Balaban J connectivity index is 2.01. The molecule has 0 aromatic carbocycles. The zero-order chi connectivity index (χ0) is 4.41. The third kappa shape index (κ3) is 0.572.